The van der Waals surface area contributed by atoms with E-state index < -0.39 is 0 Å². The van der Waals surface area contributed by atoms with Gasteiger partial charge in [0.15, 0.2) is 0 Å². The summed E-state index contributed by atoms with van der Waals surface area (Å²) in [6.07, 6.45) is 1.79. The van der Waals surface area contributed by atoms with Crippen LogP contribution in [0.5, 0.6) is 5.75 Å². The summed E-state index contributed by atoms with van der Waals surface area (Å²) in [6, 6.07) is 15.6. The highest BCUT2D eigenvalue weighted by Gasteiger charge is 2.05. The SMILES string of the molecule is COc1ccccc1CNc1ccnc2ccc(Cl)cc12. The van der Waals surface area contributed by atoms with E-state index >= 15 is 0 Å². The molecule has 3 nitrogen and oxygen atoms in total. The fourth-order valence-corrected chi connectivity index (χ4v) is 2.48. The minimum atomic E-state index is 0.676. The third-order valence-electron chi connectivity index (χ3n) is 3.37. The van der Waals surface area contributed by atoms with Crippen LogP contribution in [0, 0.1) is 0 Å². The monoisotopic (exact) mass is 298 g/mol. The van der Waals surface area contributed by atoms with Crippen LogP contribution in [0.3, 0.4) is 0 Å². The van der Waals surface area contributed by atoms with Gasteiger partial charge in [0.2, 0.25) is 0 Å². The molecule has 0 unspecified atom stereocenters. The van der Waals surface area contributed by atoms with E-state index in [1.54, 1.807) is 13.3 Å². The molecule has 0 bridgehead atoms. The average Bonchev–Trinajstić information content (AvgIpc) is 2.53. The Labute approximate surface area is 128 Å². The average molecular weight is 299 g/mol. The van der Waals surface area contributed by atoms with Crippen molar-refractivity contribution in [3.8, 4) is 5.75 Å². The summed E-state index contributed by atoms with van der Waals surface area (Å²) < 4.78 is 5.37. The standard InChI is InChI=1S/C17H15ClN2O/c1-21-17-5-3-2-4-12(17)11-20-16-8-9-19-15-7-6-13(18)10-14(15)16/h2-10H,11H2,1H3,(H,19,20). The normalized spacial score (nSPS) is 10.6. The van der Waals surface area contributed by atoms with Crippen LogP contribution in [0.2, 0.25) is 5.02 Å². The molecule has 1 aromatic heterocycles. The Hall–Kier alpha value is -2.26. The van der Waals surface area contributed by atoms with E-state index in [4.69, 9.17) is 16.3 Å². The number of hydrogen-bond donors (Lipinski definition) is 1. The molecule has 0 radical (unpaired) electrons. The van der Waals surface area contributed by atoms with Crippen molar-refractivity contribution in [2.24, 2.45) is 0 Å². The molecular weight excluding hydrogens is 284 g/mol. The van der Waals surface area contributed by atoms with Crippen LogP contribution in [-0.2, 0) is 6.54 Å². The quantitative estimate of drug-likeness (QED) is 0.769. The summed E-state index contributed by atoms with van der Waals surface area (Å²) in [4.78, 5) is 4.35. The molecule has 0 aliphatic rings. The molecule has 21 heavy (non-hydrogen) atoms. The Morgan fingerprint density at radius 2 is 2.00 bits per heavy atom. The van der Waals surface area contributed by atoms with Gasteiger partial charge < -0.3 is 10.1 Å². The van der Waals surface area contributed by atoms with E-state index in [2.05, 4.69) is 10.3 Å². The number of aromatic nitrogens is 1. The van der Waals surface area contributed by atoms with Gasteiger partial charge in [0, 0.05) is 34.4 Å². The second kappa shape index (κ2) is 6.02. The van der Waals surface area contributed by atoms with Crippen molar-refractivity contribution in [1.82, 2.24) is 4.98 Å². The first-order valence-corrected chi connectivity index (χ1v) is 7.06. The van der Waals surface area contributed by atoms with Gasteiger partial charge in [0.1, 0.15) is 5.75 Å². The molecule has 106 valence electrons. The molecule has 4 heteroatoms. The molecule has 0 aliphatic carbocycles. The fourth-order valence-electron chi connectivity index (χ4n) is 2.31. The minimum Gasteiger partial charge on any atom is -0.496 e. The molecule has 3 rings (SSSR count). The van der Waals surface area contributed by atoms with Crippen LogP contribution in [0.25, 0.3) is 10.9 Å². The first-order valence-electron chi connectivity index (χ1n) is 6.68. The van der Waals surface area contributed by atoms with Crippen LogP contribution < -0.4 is 10.1 Å². The van der Waals surface area contributed by atoms with Crippen molar-refractivity contribution in [2.45, 2.75) is 6.54 Å². The predicted molar refractivity (Wildman–Crippen MR) is 87.1 cm³/mol. The Morgan fingerprint density at radius 1 is 1.14 bits per heavy atom. The Balaban J connectivity index is 1.90. The maximum absolute atomic E-state index is 6.08. The van der Waals surface area contributed by atoms with Crippen molar-refractivity contribution >= 4 is 28.2 Å². The molecule has 0 fully saturated rings. The van der Waals surface area contributed by atoms with Gasteiger partial charge in [-0.25, -0.2) is 0 Å². The van der Waals surface area contributed by atoms with Crippen molar-refractivity contribution in [2.75, 3.05) is 12.4 Å². The summed E-state index contributed by atoms with van der Waals surface area (Å²) in [7, 11) is 1.68. The number of fused-ring (bicyclic) bond motifs is 1. The first-order chi connectivity index (χ1) is 10.3. The van der Waals surface area contributed by atoms with Gasteiger partial charge in [0.25, 0.3) is 0 Å². The topological polar surface area (TPSA) is 34.1 Å². The molecule has 0 spiro atoms. The summed E-state index contributed by atoms with van der Waals surface area (Å²) in [5, 5.41) is 5.15. The fraction of sp³-hybridized carbons (Fsp3) is 0.118. The molecule has 0 aliphatic heterocycles. The van der Waals surface area contributed by atoms with Crippen LogP contribution in [0.4, 0.5) is 5.69 Å². The summed E-state index contributed by atoms with van der Waals surface area (Å²) >= 11 is 6.08. The zero-order valence-electron chi connectivity index (χ0n) is 11.6. The van der Waals surface area contributed by atoms with E-state index in [0.29, 0.717) is 11.6 Å². The zero-order chi connectivity index (χ0) is 14.7. The van der Waals surface area contributed by atoms with E-state index in [1.165, 1.54) is 0 Å². The maximum atomic E-state index is 6.08. The summed E-state index contributed by atoms with van der Waals surface area (Å²) in [6.45, 7) is 0.676. The van der Waals surface area contributed by atoms with E-state index in [9.17, 15) is 0 Å². The summed E-state index contributed by atoms with van der Waals surface area (Å²) in [5.41, 5.74) is 3.03. The number of nitrogens with zero attached hydrogens (tertiary/aromatic N) is 1. The molecule has 0 atom stereocenters. The lowest BCUT2D eigenvalue weighted by Gasteiger charge is -2.12. The van der Waals surface area contributed by atoms with E-state index in [1.807, 2.05) is 48.5 Å². The third kappa shape index (κ3) is 2.93. The zero-order valence-corrected chi connectivity index (χ0v) is 12.4. The Morgan fingerprint density at radius 3 is 2.86 bits per heavy atom. The highest BCUT2D eigenvalue weighted by atomic mass is 35.5. The van der Waals surface area contributed by atoms with Gasteiger partial charge in [-0.05, 0) is 30.3 Å². The lowest BCUT2D eigenvalue weighted by Crippen LogP contribution is -2.02. The number of ether oxygens (including phenoxy) is 1. The molecular formula is C17H15ClN2O. The molecule has 0 amide bonds. The van der Waals surface area contributed by atoms with Crippen molar-refractivity contribution < 1.29 is 4.74 Å². The largest absolute Gasteiger partial charge is 0.496 e. The van der Waals surface area contributed by atoms with Gasteiger partial charge in [0.05, 0.1) is 12.6 Å². The molecule has 2 aromatic carbocycles. The highest BCUT2D eigenvalue weighted by molar-refractivity contribution is 6.31. The predicted octanol–water partition coefficient (Wildman–Crippen LogP) is 4.51. The lowest BCUT2D eigenvalue weighted by atomic mass is 10.1. The lowest BCUT2D eigenvalue weighted by molar-refractivity contribution is 0.410. The van der Waals surface area contributed by atoms with Crippen molar-refractivity contribution in [3.05, 3.63) is 65.3 Å². The number of methoxy groups -OCH3 is 1. The van der Waals surface area contributed by atoms with Crippen LogP contribution >= 0.6 is 11.6 Å². The molecule has 1 N–H and O–H groups in total. The number of halogens is 1. The minimum absolute atomic E-state index is 0.676. The van der Waals surface area contributed by atoms with Crippen LogP contribution in [0.1, 0.15) is 5.56 Å². The number of para-hydroxylation sites is 1. The number of hydrogen-bond acceptors (Lipinski definition) is 3. The summed E-state index contributed by atoms with van der Waals surface area (Å²) in [5.74, 6) is 0.876. The van der Waals surface area contributed by atoms with E-state index in [0.717, 1.165) is 27.9 Å². The molecule has 0 saturated heterocycles. The first kappa shape index (κ1) is 13.7. The number of rotatable bonds is 4. The van der Waals surface area contributed by atoms with Crippen LogP contribution in [-0.4, -0.2) is 12.1 Å². The van der Waals surface area contributed by atoms with Gasteiger partial charge in [-0.1, -0.05) is 29.8 Å². The number of pyridine rings is 1. The van der Waals surface area contributed by atoms with Crippen LogP contribution in [0.15, 0.2) is 54.7 Å². The smallest absolute Gasteiger partial charge is 0.123 e. The molecule has 1 heterocycles. The third-order valence-corrected chi connectivity index (χ3v) is 3.60. The number of benzene rings is 2. The number of anilines is 1. The second-order valence-electron chi connectivity index (χ2n) is 4.69. The number of nitrogens with one attached hydrogen (secondary N) is 1. The van der Waals surface area contributed by atoms with E-state index in [-0.39, 0.29) is 0 Å². The second-order valence-corrected chi connectivity index (χ2v) is 5.12. The van der Waals surface area contributed by atoms with Crippen molar-refractivity contribution in [1.29, 1.82) is 0 Å². The van der Waals surface area contributed by atoms with Gasteiger partial charge in [-0.3, -0.25) is 4.98 Å². The van der Waals surface area contributed by atoms with Crippen molar-refractivity contribution in [3.63, 3.8) is 0 Å². The highest BCUT2D eigenvalue weighted by Crippen LogP contribution is 2.26. The van der Waals surface area contributed by atoms with Gasteiger partial charge in [-0.2, -0.15) is 0 Å². The van der Waals surface area contributed by atoms with Gasteiger partial charge >= 0.3 is 0 Å². The maximum Gasteiger partial charge on any atom is 0.123 e. The Kier molecular flexibility index (Phi) is 3.93. The molecule has 0 saturated carbocycles. The Bertz CT molecular complexity index is 774. The molecule has 3 aromatic rings. The van der Waals surface area contributed by atoms with Gasteiger partial charge in [-0.15, -0.1) is 0 Å².